The molecule has 0 bridgehead atoms. The van der Waals surface area contributed by atoms with Gasteiger partial charge in [-0.15, -0.1) is 0 Å². The normalized spacial score (nSPS) is 23.4. The third-order valence-electron chi connectivity index (χ3n) is 4.12. The fourth-order valence-electron chi connectivity index (χ4n) is 3.43. The second kappa shape index (κ2) is 7.75. The van der Waals surface area contributed by atoms with Crippen molar-refractivity contribution >= 4 is 22.9 Å². The number of hydrogen-bond donors (Lipinski definition) is 0. The van der Waals surface area contributed by atoms with Crippen molar-refractivity contribution in [3.63, 3.8) is 0 Å². The minimum Gasteiger partial charge on any atom is -0.298 e. The highest BCUT2D eigenvalue weighted by Gasteiger charge is 2.47. The molecule has 0 atom stereocenters. The zero-order valence-electron chi connectivity index (χ0n) is 14.2. The average molecular weight is 396 g/mol. The highest BCUT2D eigenvalue weighted by molar-refractivity contribution is 14.1. The smallest absolute Gasteiger partial charge is 0.0683 e. The van der Waals surface area contributed by atoms with Crippen LogP contribution in [0.1, 0.15) is 73.6 Å². The zero-order valence-corrected chi connectivity index (χ0v) is 16.4. The van der Waals surface area contributed by atoms with E-state index in [2.05, 4.69) is 72.6 Å². The van der Waals surface area contributed by atoms with Gasteiger partial charge in [-0.2, -0.15) is 5.06 Å². The molecule has 0 spiro atoms. The molecule has 0 saturated carbocycles. The van der Waals surface area contributed by atoms with Crippen LogP contribution >= 0.6 is 22.9 Å². The summed E-state index contributed by atoms with van der Waals surface area (Å²) in [6.45, 7) is 15.7. The maximum Gasteiger partial charge on any atom is 0.0683 e. The van der Waals surface area contributed by atoms with Crippen molar-refractivity contribution < 1.29 is 4.84 Å². The van der Waals surface area contributed by atoms with Crippen molar-refractivity contribution in [3.05, 3.63) is 0 Å². The van der Waals surface area contributed by atoms with Crippen LogP contribution in [0, 0.1) is 0 Å². The third-order valence-corrected chi connectivity index (χ3v) is 5.39. The van der Waals surface area contributed by atoms with Gasteiger partial charge in [0.1, 0.15) is 0 Å². The Labute approximate surface area is 139 Å². The number of nitrogens with zero attached hydrogens (tertiary/aromatic N) is 2. The van der Waals surface area contributed by atoms with Crippen LogP contribution in [-0.2, 0) is 4.84 Å². The lowest BCUT2D eigenvalue weighted by Crippen LogP contribution is -2.63. The van der Waals surface area contributed by atoms with E-state index in [-0.39, 0.29) is 11.1 Å². The Morgan fingerprint density at radius 3 is 2.10 bits per heavy atom. The fourth-order valence-corrected chi connectivity index (χ4v) is 4.17. The standard InChI is InChI=1S/C16H33IN2O/c1-7-9-10-18(17)14-12-15(3,4)19(20-11-8-2)16(5,6)13-14/h14H,7-13H2,1-6H3. The number of piperidine rings is 1. The van der Waals surface area contributed by atoms with E-state index in [1.54, 1.807) is 0 Å². The predicted molar refractivity (Wildman–Crippen MR) is 94.9 cm³/mol. The molecule has 3 nitrogen and oxygen atoms in total. The van der Waals surface area contributed by atoms with Crippen molar-refractivity contribution in [2.24, 2.45) is 0 Å². The summed E-state index contributed by atoms with van der Waals surface area (Å²) in [7, 11) is 0. The first-order chi connectivity index (χ1) is 9.24. The highest BCUT2D eigenvalue weighted by Crippen LogP contribution is 2.41. The van der Waals surface area contributed by atoms with Gasteiger partial charge in [-0.1, -0.05) is 20.3 Å². The lowest BCUT2D eigenvalue weighted by Gasteiger charge is -2.55. The van der Waals surface area contributed by atoms with E-state index in [1.807, 2.05) is 0 Å². The van der Waals surface area contributed by atoms with Crippen LogP contribution in [0.4, 0.5) is 0 Å². The van der Waals surface area contributed by atoms with E-state index in [0.29, 0.717) is 6.04 Å². The summed E-state index contributed by atoms with van der Waals surface area (Å²) in [6, 6.07) is 0.647. The van der Waals surface area contributed by atoms with Gasteiger partial charge >= 0.3 is 0 Å². The van der Waals surface area contributed by atoms with E-state index < -0.39 is 0 Å². The average Bonchev–Trinajstić information content (AvgIpc) is 2.33. The molecule has 0 aliphatic carbocycles. The van der Waals surface area contributed by atoms with Crippen LogP contribution in [0.5, 0.6) is 0 Å². The van der Waals surface area contributed by atoms with Crippen LogP contribution in [0.3, 0.4) is 0 Å². The van der Waals surface area contributed by atoms with Crippen LogP contribution < -0.4 is 0 Å². The molecule has 1 saturated heterocycles. The molecule has 120 valence electrons. The molecule has 4 heteroatoms. The SMILES string of the molecule is CCCCN(I)C1CC(C)(C)N(OCCC)C(C)(C)C1. The van der Waals surface area contributed by atoms with Gasteiger partial charge in [-0.25, -0.2) is 3.11 Å². The van der Waals surface area contributed by atoms with E-state index in [0.717, 1.165) is 13.0 Å². The molecule has 1 aliphatic heterocycles. The molecule has 0 N–H and O–H groups in total. The Hall–Kier alpha value is 0.610. The summed E-state index contributed by atoms with van der Waals surface area (Å²) in [5.74, 6) is 0. The first-order valence-corrected chi connectivity index (χ1v) is 9.06. The number of hydroxylamine groups is 2. The fraction of sp³-hybridized carbons (Fsp3) is 1.00. The lowest BCUT2D eigenvalue weighted by atomic mass is 9.79. The quantitative estimate of drug-likeness (QED) is 0.454. The summed E-state index contributed by atoms with van der Waals surface area (Å²) >= 11 is 2.53. The number of hydrogen-bond acceptors (Lipinski definition) is 3. The molecule has 0 unspecified atom stereocenters. The largest absolute Gasteiger partial charge is 0.298 e. The van der Waals surface area contributed by atoms with Crippen molar-refractivity contribution in [3.8, 4) is 0 Å². The van der Waals surface area contributed by atoms with E-state index in [9.17, 15) is 0 Å². The summed E-state index contributed by atoms with van der Waals surface area (Å²) in [5, 5.41) is 2.27. The molecule has 1 rings (SSSR count). The first kappa shape index (κ1) is 18.7. The Bertz CT molecular complexity index is 276. The maximum atomic E-state index is 6.08. The molecule has 1 aliphatic rings. The molecule has 20 heavy (non-hydrogen) atoms. The summed E-state index contributed by atoms with van der Waals surface area (Å²) in [5.41, 5.74) is 0.189. The van der Waals surface area contributed by atoms with E-state index >= 15 is 0 Å². The van der Waals surface area contributed by atoms with Gasteiger partial charge < -0.3 is 0 Å². The summed E-state index contributed by atoms with van der Waals surface area (Å²) in [6.07, 6.45) is 5.97. The van der Waals surface area contributed by atoms with Crippen LogP contribution in [0.15, 0.2) is 0 Å². The second-order valence-electron chi connectivity index (χ2n) is 7.29. The minimum absolute atomic E-state index is 0.0945. The van der Waals surface area contributed by atoms with E-state index in [4.69, 9.17) is 4.84 Å². The van der Waals surface area contributed by atoms with Gasteiger partial charge in [0, 0.05) is 46.5 Å². The van der Waals surface area contributed by atoms with Gasteiger partial charge in [0.2, 0.25) is 0 Å². The van der Waals surface area contributed by atoms with Crippen LogP contribution in [0.2, 0.25) is 0 Å². The third kappa shape index (κ3) is 4.82. The monoisotopic (exact) mass is 396 g/mol. The first-order valence-electron chi connectivity index (χ1n) is 8.10. The van der Waals surface area contributed by atoms with Gasteiger partial charge in [-0.3, -0.25) is 4.84 Å². The van der Waals surface area contributed by atoms with Crippen LogP contribution in [-0.4, -0.2) is 38.4 Å². The van der Waals surface area contributed by atoms with Gasteiger partial charge in [0.15, 0.2) is 0 Å². The number of unbranched alkanes of at least 4 members (excludes halogenated alkanes) is 1. The molecule has 1 fully saturated rings. The molecule has 0 aromatic carbocycles. The Morgan fingerprint density at radius 1 is 1.10 bits per heavy atom. The topological polar surface area (TPSA) is 15.7 Å². The van der Waals surface area contributed by atoms with Gasteiger partial charge in [0.25, 0.3) is 0 Å². The number of halogens is 1. The second-order valence-corrected chi connectivity index (χ2v) is 8.53. The van der Waals surface area contributed by atoms with Crippen LogP contribution in [0.25, 0.3) is 0 Å². The van der Waals surface area contributed by atoms with Crippen molar-refractivity contribution in [2.75, 3.05) is 13.2 Å². The van der Waals surface area contributed by atoms with Crippen molar-refractivity contribution in [2.45, 2.75) is 90.8 Å². The molecule has 0 radical (unpaired) electrons. The lowest BCUT2D eigenvalue weighted by molar-refractivity contribution is -0.285. The van der Waals surface area contributed by atoms with Gasteiger partial charge in [-0.05, 0) is 53.4 Å². The highest BCUT2D eigenvalue weighted by atomic mass is 127. The molecule has 0 aromatic heterocycles. The van der Waals surface area contributed by atoms with Crippen molar-refractivity contribution in [1.29, 1.82) is 0 Å². The maximum absolute atomic E-state index is 6.08. The zero-order chi connectivity index (χ0) is 15.4. The van der Waals surface area contributed by atoms with Gasteiger partial charge in [0.05, 0.1) is 6.61 Å². The minimum atomic E-state index is 0.0945. The van der Waals surface area contributed by atoms with Crippen molar-refractivity contribution in [1.82, 2.24) is 8.18 Å². The molecule has 0 aromatic rings. The molecule has 1 heterocycles. The number of rotatable bonds is 7. The Balaban J connectivity index is 2.75. The summed E-state index contributed by atoms with van der Waals surface area (Å²) in [4.78, 5) is 6.08. The Kier molecular flexibility index (Phi) is 7.23. The summed E-state index contributed by atoms with van der Waals surface area (Å²) < 4.78 is 2.53. The van der Waals surface area contributed by atoms with E-state index in [1.165, 1.54) is 32.2 Å². The molecule has 0 amide bonds. The Morgan fingerprint density at radius 2 is 1.65 bits per heavy atom. The predicted octanol–water partition coefficient (Wildman–Crippen LogP) is 4.80. The molecular weight excluding hydrogens is 363 g/mol. The molecular formula is C16H33IN2O.